The Bertz CT molecular complexity index is 956. The van der Waals surface area contributed by atoms with Crippen molar-refractivity contribution in [1.29, 1.82) is 0 Å². The van der Waals surface area contributed by atoms with Crippen LogP contribution in [0.15, 0.2) is 48.5 Å². The number of alkyl carbamates (subject to hydrolysis) is 1. The zero-order valence-corrected chi connectivity index (χ0v) is 18.7. The van der Waals surface area contributed by atoms with Gasteiger partial charge in [-0.05, 0) is 49.4 Å². The van der Waals surface area contributed by atoms with E-state index in [1.165, 1.54) is 0 Å². The van der Waals surface area contributed by atoms with Crippen LogP contribution in [0.2, 0.25) is 0 Å². The molecule has 1 aliphatic rings. The first-order chi connectivity index (χ1) is 15.2. The fraction of sp³-hybridized carbons (Fsp3) is 0.400. The quantitative estimate of drug-likeness (QED) is 0.548. The zero-order chi connectivity index (χ0) is 23.3. The molecule has 0 saturated carbocycles. The third-order valence-corrected chi connectivity index (χ3v) is 5.64. The number of hydrogen-bond acceptors (Lipinski definition) is 4. The van der Waals surface area contributed by atoms with Crippen LogP contribution in [0.3, 0.4) is 0 Å². The van der Waals surface area contributed by atoms with E-state index in [4.69, 9.17) is 9.84 Å². The molecule has 0 saturated heterocycles. The van der Waals surface area contributed by atoms with E-state index in [1.54, 1.807) is 20.8 Å². The van der Waals surface area contributed by atoms with Crippen molar-refractivity contribution >= 4 is 18.0 Å². The monoisotopic (exact) mass is 438 g/mol. The van der Waals surface area contributed by atoms with E-state index in [0.717, 1.165) is 22.3 Å². The van der Waals surface area contributed by atoms with Crippen molar-refractivity contribution in [3.05, 3.63) is 59.7 Å². The average Bonchev–Trinajstić information content (AvgIpc) is 3.04. The molecule has 0 aliphatic heterocycles. The highest BCUT2D eigenvalue weighted by Crippen LogP contribution is 2.44. The molecular formula is C25H30N2O5. The summed E-state index contributed by atoms with van der Waals surface area (Å²) in [6, 6.07) is 15.8. The number of hydrogen-bond donors (Lipinski definition) is 3. The van der Waals surface area contributed by atoms with E-state index in [0.29, 0.717) is 6.42 Å². The molecule has 1 aliphatic carbocycles. The number of amides is 2. The number of ether oxygens (including phenoxy) is 1. The van der Waals surface area contributed by atoms with Crippen molar-refractivity contribution in [2.75, 3.05) is 6.61 Å². The molecule has 1 unspecified atom stereocenters. The molecule has 0 radical (unpaired) electrons. The minimum atomic E-state index is -0.905. The standard InChI is InChI=1S/C25H30N2O5/c1-16(14-22(28)27-25(2,3)13-12-23(29)30)26-24(31)32-15-21-19-10-6-4-8-17(19)18-9-5-7-11-20(18)21/h4-11,16,21H,12-15H2,1-3H3,(H,26,31)(H,27,28)(H,29,30). The van der Waals surface area contributed by atoms with Gasteiger partial charge in [-0.15, -0.1) is 0 Å². The summed E-state index contributed by atoms with van der Waals surface area (Å²) in [5, 5.41) is 14.3. The van der Waals surface area contributed by atoms with Crippen LogP contribution in [0.1, 0.15) is 57.1 Å². The molecule has 2 aromatic rings. The van der Waals surface area contributed by atoms with Crippen LogP contribution in [-0.4, -0.2) is 41.3 Å². The lowest BCUT2D eigenvalue weighted by Crippen LogP contribution is -2.46. The molecule has 0 spiro atoms. The maximum absolute atomic E-state index is 12.3. The second-order valence-electron chi connectivity index (χ2n) is 8.90. The van der Waals surface area contributed by atoms with Gasteiger partial charge in [0.25, 0.3) is 0 Å². The molecule has 7 heteroatoms. The largest absolute Gasteiger partial charge is 0.481 e. The van der Waals surface area contributed by atoms with Gasteiger partial charge >= 0.3 is 12.1 Å². The van der Waals surface area contributed by atoms with Crippen LogP contribution in [-0.2, 0) is 14.3 Å². The number of fused-ring (bicyclic) bond motifs is 3. The molecule has 2 amide bonds. The maximum Gasteiger partial charge on any atom is 0.407 e. The van der Waals surface area contributed by atoms with Crippen LogP contribution in [0, 0.1) is 0 Å². The summed E-state index contributed by atoms with van der Waals surface area (Å²) in [4.78, 5) is 35.4. The van der Waals surface area contributed by atoms with E-state index < -0.39 is 23.6 Å². The Kier molecular flexibility index (Phi) is 7.18. The topological polar surface area (TPSA) is 105 Å². The smallest absolute Gasteiger partial charge is 0.407 e. The van der Waals surface area contributed by atoms with Gasteiger partial charge in [-0.2, -0.15) is 0 Å². The average molecular weight is 439 g/mol. The number of carboxylic acid groups (broad SMARTS) is 1. The molecule has 0 aromatic heterocycles. The number of aliphatic carboxylic acids is 1. The van der Waals surface area contributed by atoms with Gasteiger partial charge in [-0.1, -0.05) is 48.5 Å². The highest BCUT2D eigenvalue weighted by Gasteiger charge is 2.29. The van der Waals surface area contributed by atoms with Crippen LogP contribution in [0.5, 0.6) is 0 Å². The van der Waals surface area contributed by atoms with Gasteiger partial charge in [-0.25, -0.2) is 4.79 Å². The summed E-state index contributed by atoms with van der Waals surface area (Å²) >= 11 is 0. The van der Waals surface area contributed by atoms with E-state index >= 15 is 0 Å². The van der Waals surface area contributed by atoms with E-state index in [9.17, 15) is 14.4 Å². The maximum atomic E-state index is 12.3. The highest BCUT2D eigenvalue weighted by atomic mass is 16.5. The molecular weight excluding hydrogens is 408 g/mol. The molecule has 0 heterocycles. The van der Waals surface area contributed by atoms with Gasteiger partial charge in [0.1, 0.15) is 6.61 Å². The Hall–Kier alpha value is -3.35. The van der Waals surface area contributed by atoms with Crippen molar-refractivity contribution in [2.24, 2.45) is 0 Å². The van der Waals surface area contributed by atoms with Crippen molar-refractivity contribution in [3.8, 4) is 11.1 Å². The molecule has 0 bridgehead atoms. The summed E-state index contributed by atoms with van der Waals surface area (Å²) in [5.41, 5.74) is 3.95. The van der Waals surface area contributed by atoms with E-state index in [-0.39, 0.29) is 31.3 Å². The van der Waals surface area contributed by atoms with Gasteiger partial charge < -0.3 is 20.5 Å². The Morgan fingerprint density at radius 2 is 1.59 bits per heavy atom. The van der Waals surface area contributed by atoms with Gasteiger partial charge in [-0.3, -0.25) is 9.59 Å². The summed E-state index contributed by atoms with van der Waals surface area (Å²) < 4.78 is 5.51. The SMILES string of the molecule is CC(CC(=O)NC(C)(C)CCC(=O)O)NC(=O)OCC1c2ccccc2-c2ccccc21. The van der Waals surface area contributed by atoms with Crippen molar-refractivity contribution in [3.63, 3.8) is 0 Å². The van der Waals surface area contributed by atoms with Gasteiger partial charge in [0.2, 0.25) is 5.91 Å². The highest BCUT2D eigenvalue weighted by molar-refractivity contribution is 5.80. The van der Waals surface area contributed by atoms with Crippen molar-refractivity contribution in [1.82, 2.24) is 10.6 Å². The molecule has 2 aromatic carbocycles. The first kappa shape index (κ1) is 23.3. The Morgan fingerprint density at radius 1 is 1.03 bits per heavy atom. The minimum Gasteiger partial charge on any atom is -0.481 e. The van der Waals surface area contributed by atoms with Crippen LogP contribution in [0.4, 0.5) is 4.79 Å². The van der Waals surface area contributed by atoms with Crippen LogP contribution < -0.4 is 10.6 Å². The molecule has 7 nitrogen and oxygen atoms in total. The molecule has 0 fully saturated rings. The summed E-state index contributed by atoms with van der Waals surface area (Å²) in [6.07, 6.45) is -0.207. The summed E-state index contributed by atoms with van der Waals surface area (Å²) in [7, 11) is 0. The number of benzene rings is 2. The Morgan fingerprint density at radius 3 is 2.16 bits per heavy atom. The summed E-state index contributed by atoms with van der Waals surface area (Å²) in [6.45, 7) is 5.49. The number of nitrogens with one attached hydrogen (secondary N) is 2. The molecule has 3 N–H and O–H groups in total. The minimum absolute atomic E-state index is 0.0261. The third-order valence-electron chi connectivity index (χ3n) is 5.64. The predicted molar refractivity (Wildman–Crippen MR) is 121 cm³/mol. The van der Waals surface area contributed by atoms with Gasteiger partial charge in [0.15, 0.2) is 0 Å². The first-order valence-corrected chi connectivity index (χ1v) is 10.8. The zero-order valence-electron chi connectivity index (χ0n) is 18.7. The third kappa shape index (κ3) is 5.87. The van der Waals surface area contributed by atoms with E-state index in [2.05, 4.69) is 34.9 Å². The fourth-order valence-corrected chi connectivity index (χ4v) is 4.08. The lowest BCUT2D eigenvalue weighted by molar-refractivity contribution is -0.137. The molecule has 1 atom stereocenters. The van der Waals surface area contributed by atoms with Gasteiger partial charge in [0.05, 0.1) is 0 Å². The molecule has 170 valence electrons. The second kappa shape index (κ2) is 9.85. The van der Waals surface area contributed by atoms with Crippen molar-refractivity contribution < 1.29 is 24.2 Å². The molecule has 3 rings (SSSR count). The number of carbonyl (C=O) groups excluding carboxylic acids is 2. The van der Waals surface area contributed by atoms with Crippen molar-refractivity contribution in [2.45, 2.75) is 57.5 Å². The van der Waals surface area contributed by atoms with Gasteiger partial charge in [0, 0.05) is 30.3 Å². The lowest BCUT2D eigenvalue weighted by atomic mass is 9.98. The normalized spacial score (nSPS) is 13.6. The lowest BCUT2D eigenvalue weighted by Gasteiger charge is -2.26. The first-order valence-electron chi connectivity index (χ1n) is 10.8. The fourth-order valence-electron chi connectivity index (χ4n) is 4.08. The predicted octanol–water partition coefficient (Wildman–Crippen LogP) is 4.06. The summed E-state index contributed by atoms with van der Waals surface area (Å²) in [5.74, 6) is -1.19. The molecule has 32 heavy (non-hydrogen) atoms. The van der Waals surface area contributed by atoms with Crippen LogP contribution >= 0.6 is 0 Å². The Balaban J connectivity index is 1.50. The van der Waals surface area contributed by atoms with E-state index in [1.807, 2.05) is 24.3 Å². The second-order valence-corrected chi connectivity index (χ2v) is 8.90. The number of rotatable bonds is 9. The number of carbonyl (C=O) groups is 3. The Labute approximate surface area is 188 Å². The van der Waals surface area contributed by atoms with Crippen LogP contribution in [0.25, 0.3) is 11.1 Å². The number of carboxylic acids is 1.